The van der Waals surface area contributed by atoms with Crippen LogP contribution in [0.15, 0.2) is 18.5 Å². The lowest BCUT2D eigenvalue weighted by Gasteiger charge is -2.31. The molecule has 7 nitrogen and oxygen atoms in total. The van der Waals surface area contributed by atoms with Crippen LogP contribution in [0.4, 0.5) is 5.95 Å². The standard InChI is InChI=1S/C17H24N6O/c1-13-10-19-16(20-13)15-12-22(8-9-24-15)11-14-4-5-18-17(21-14)23-6-2-3-7-23/h4-5,10,15H,2-3,6-9,11-12H2,1H3,(H,19,20)/t15-/m0/s1. The van der Waals surface area contributed by atoms with Gasteiger partial charge in [-0.15, -0.1) is 0 Å². The number of H-pyrrole nitrogens is 1. The number of aromatic amines is 1. The van der Waals surface area contributed by atoms with Crippen molar-refractivity contribution in [2.75, 3.05) is 37.7 Å². The molecule has 2 aliphatic heterocycles. The van der Waals surface area contributed by atoms with E-state index in [9.17, 15) is 0 Å². The van der Waals surface area contributed by atoms with Crippen LogP contribution in [-0.4, -0.2) is 57.6 Å². The maximum Gasteiger partial charge on any atom is 0.225 e. The Hall–Kier alpha value is -1.99. The number of nitrogens with one attached hydrogen (secondary N) is 1. The highest BCUT2D eigenvalue weighted by molar-refractivity contribution is 5.31. The van der Waals surface area contributed by atoms with Gasteiger partial charge in [0.15, 0.2) is 0 Å². The van der Waals surface area contributed by atoms with Gasteiger partial charge in [0, 0.05) is 50.8 Å². The molecule has 2 aromatic rings. The zero-order valence-electron chi connectivity index (χ0n) is 14.1. The minimum atomic E-state index is 0.00680. The van der Waals surface area contributed by atoms with Gasteiger partial charge in [-0.25, -0.2) is 15.0 Å². The number of aryl methyl sites for hydroxylation is 1. The van der Waals surface area contributed by atoms with E-state index in [1.54, 1.807) is 0 Å². The van der Waals surface area contributed by atoms with E-state index >= 15 is 0 Å². The van der Waals surface area contributed by atoms with Gasteiger partial charge in [-0.05, 0) is 25.8 Å². The van der Waals surface area contributed by atoms with Crippen molar-refractivity contribution in [3.8, 4) is 0 Å². The third kappa shape index (κ3) is 3.42. The maximum atomic E-state index is 5.87. The molecule has 2 saturated heterocycles. The third-order valence-corrected chi connectivity index (χ3v) is 4.65. The average molecular weight is 328 g/mol. The minimum Gasteiger partial charge on any atom is -0.368 e. The van der Waals surface area contributed by atoms with Crippen molar-refractivity contribution in [2.45, 2.75) is 32.4 Å². The number of aromatic nitrogens is 4. The molecule has 2 fully saturated rings. The fourth-order valence-corrected chi connectivity index (χ4v) is 3.38. The SMILES string of the molecule is Cc1cnc([C@@H]2CN(Cc3ccnc(N4CCCC4)n3)CCO2)[nH]1. The first-order chi connectivity index (χ1) is 11.8. The van der Waals surface area contributed by atoms with Gasteiger partial charge in [-0.1, -0.05) is 0 Å². The summed E-state index contributed by atoms with van der Waals surface area (Å²) in [7, 11) is 0. The molecule has 0 spiro atoms. The molecule has 1 atom stereocenters. The van der Waals surface area contributed by atoms with Gasteiger partial charge < -0.3 is 14.6 Å². The van der Waals surface area contributed by atoms with Crippen LogP contribution in [0.1, 0.15) is 36.2 Å². The fourth-order valence-electron chi connectivity index (χ4n) is 3.38. The predicted molar refractivity (Wildman–Crippen MR) is 90.8 cm³/mol. The van der Waals surface area contributed by atoms with E-state index in [2.05, 4.69) is 24.8 Å². The van der Waals surface area contributed by atoms with Crippen molar-refractivity contribution in [3.05, 3.63) is 35.7 Å². The lowest BCUT2D eigenvalue weighted by atomic mass is 10.2. The van der Waals surface area contributed by atoms with Crippen molar-refractivity contribution in [3.63, 3.8) is 0 Å². The molecule has 128 valence electrons. The van der Waals surface area contributed by atoms with E-state index in [0.29, 0.717) is 6.61 Å². The summed E-state index contributed by atoms with van der Waals surface area (Å²) in [5, 5.41) is 0. The summed E-state index contributed by atoms with van der Waals surface area (Å²) in [6, 6.07) is 2.01. The molecular formula is C17H24N6O. The van der Waals surface area contributed by atoms with E-state index in [0.717, 1.165) is 55.9 Å². The molecule has 0 saturated carbocycles. The number of nitrogens with zero attached hydrogens (tertiary/aromatic N) is 5. The molecule has 0 unspecified atom stereocenters. The topological polar surface area (TPSA) is 70.2 Å². The van der Waals surface area contributed by atoms with E-state index in [1.165, 1.54) is 12.8 Å². The molecule has 4 heterocycles. The summed E-state index contributed by atoms with van der Waals surface area (Å²) in [6.45, 7) is 7.44. The van der Waals surface area contributed by atoms with Gasteiger partial charge in [-0.3, -0.25) is 4.90 Å². The number of morpholine rings is 1. The number of imidazole rings is 1. The van der Waals surface area contributed by atoms with Crippen LogP contribution >= 0.6 is 0 Å². The van der Waals surface area contributed by atoms with E-state index in [-0.39, 0.29) is 6.10 Å². The van der Waals surface area contributed by atoms with Gasteiger partial charge in [0.1, 0.15) is 11.9 Å². The van der Waals surface area contributed by atoms with Gasteiger partial charge in [-0.2, -0.15) is 0 Å². The number of ether oxygens (including phenoxy) is 1. The first kappa shape index (κ1) is 15.5. The first-order valence-electron chi connectivity index (χ1n) is 8.70. The summed E-state index contributed by atoms with van der Waals surface area (Å²) in [4.78, 5) is 21.5. The van der Waals surface area contributed by atoms with Crippen LogP contribution in [-0.2, 0) is 11.3 Å². The monoisotopic (exact) mass is 328 g/mol. The molecular weight excluding hydrogens is 304 g/mol. The highest BCUT2D eigenvalue weighted by atomic mass is 16.5. The third-order valence-electron chi connectivity index (χ3n) is 4.65. The molecule has 0 aromatic carbocycles. The second kappa shape index (κ2) is 6.86. The maximum absolute atomic E-state index is 5.87. The Morgan fingerprint density at radius 1 is 1.25 bits per heavy atom. The lowest BCUT2D eigenvalue weighted by molar-refractivity contribution is -0.0372. The summed E-state index contributed by atoms with van der Waals surface area (Å²) < 4.78 is 5.87. The van der Waals surface area contributed by atoms with Gasteiger partial charge in [0.2, 0.25) is 5.95 Å². The Bertz CT molecular complexity index is 681. The normalized spacial score (nSPS) is 22.2. The van der Waals surface area contributed by atoms with Gasteiger partial charge >= 0.3 is 0 Å². The van der Waals surface area contributed by atoms with Crippen molar-refractivity contribution >= 4 is 5.95 Å². The van der Waals surface area contributed by atoms with Gasteiger partial charge in [0.05, 0.1) is 12.3 Å². The quantitative estimate of drug-likeness (QED) is 0.921. The van der Waals surface area contributed by atoms with Gasteiger partial charge in [0.25, 0.3) is 0 Å². The van der Waals surface area contributed by atoms with E-state index in [4.69, 9.17) is 9.72 Å². The second-order valence-electron chi connectivity index (χ2n) is 6.59. The van der Waals surface area contributed by atoms with Crippen LogP contribution in [0.25, 0.3) is 0 Å². The summed E-state index contributed by atoms with van der Waals surface area (Å²) >= 11 is 0. The Morgan fingerprint density at radius 2 is 2.12 bits per heavy atom. The highest BCUT2D eigenvalue weighted by Gasteiger charge is 2.24. The van der Waals surface area contributed by atoms with Crippen LogP contribution in [0, 0.1) is 6.92 Å². The summed E-state index contributed by atoms with van der Waals surface area (Å²) in [6.07, 6.45) is 6.21. The van der Waals surface area contributed by atoms with Crippen LogP contribution in [0.5, 0.6) is 0 Å². The highest BCUT2D eigenvalue weighted by Crippen LogP contribution is 2.21. The molecule has 24 heavy (non-hydrogen) atoms. The Kier molecular flexibility index (Phi) is 4.44. The molecule has 0 bridgehead atoms. The average Bonchev–Trinajstić information content (AvgIpc) is 3.27. The zero-order chi connectivity index (χ0) is 16.4. The largest absolute Gasteiger partial charge is 0.368 e. The Morgan fingerprint density at radius 3 is 2.92 bits per heavy atom. The molecule has 2 aromatic heterocycles. The van der Waals surface area contributed by atoms with Crippen molar-refractivity contribution in [1.82, 2.24) is 24.8 Å². The predicted octanol–water partition coefficient (Wildman–Crippen LogP) is 1.68. The Balaban J connectivity index is 1.42. The van der Waals surface area contributed by atoms with Crippen LogP contribution in [0.3, 0.4) is 0 Å². The molecule has 2 aliphatic rings. The van der Waals surface area contributed by atoms with Crippen molar-refractivity contribution in [2.24, 2.45) is 0 Å². The molecule has 0 amide bonds. The molecule has 4 rings (SSSR count). The fraction of sp³-hybridized carbons (Fsp3) is 0.588. The smallest absolute Gasteiger partial charge is 0.225 e. The number of hydrogen-bond donors (Lipinski definition) is 1. The van der Waals surface area contributed by atoms with Crippen LogP contribution in [0.2, 0.25) is 0 Å². The van der Waals surface area contributed by atoms with Crippen molar-refractivity contribution in [1.29, 1.82) is 0 Å². The summed E-state index contributed by atoms with van der Waals surface area (Å²) in [5.41, 5.74) is 2.14. The lowest BCUT2D eigenvalue weighted by Crippen LogP contribution is -2.38. The minimum absolute atomic E-state index is 0.00680. The number of anilines is 1. The number of hydrogen-bond acceptors (Lipinski definition) is 6. The van der Waals surface area contributed by atoms with E-state index < -0.39 is 0 Å². The first-order valence-corrected chi connectivity index (χ1v) is 8.70. The second-order valence-corrected chi connectivity index (χ2v) is 6.59. The van der Waals surface area contributed by atoms with Crippen LogP contribution < -0.4 is 4.90 Å². The number of rotatable bonds is 4. The Labute approximate surface area is 142 Å². The molecule has 0 aliphatic carbocycles. The molecule has 1 N–H and O–H groups in total. The summed E-state index contributed by atoms with van der Waals surface area (Å²) in [5.74, 6) is 1.79. The van der Waals surface area contributed by atoms with E-state index in [1.807, 2.05) is 25.4 Å². The zero-order valence-corrected chi connectivity index (χ0v) is 14.1. The molecule has 0 radical (unpaired) electrons. The molecule has 7 heteroatoms. The van der Waals surface area contributed by atoms with Crippen molar-refractivity contribution < 1.29 is 4.74 Å².